The second-order valence-electron chi connectivity index (χ2n) is 3.40. The van der Waals surface area contributed by atoms with Crippen LogP contribution in [-0.4, -0.2) is 26.0 Å². The van der Waals surface area contributed by atoms with E-state index in [1.807, 2.05) is 0 Å². The van der Waals surface area contributed by atoms with Crippen LogP contribution in [0, 0.1) is 0 Å². The standard InChI is InChI=1S/C11H14N2O4S/c1-2-12-18(16,17)13-10-5-3-4-9(8-10)6-7-11(14)15/h3-8,12-13H,2H2,1H3,(H,14,15)/b7-6+. The molecule has 7 heteroatoms. The van der Waals surface area contributed by atoms with Gasteiger partial charge in [-0.05, 0) is 23.8 Å². The van der Waals surface area contributed by atoms with Gasteiger partial charge in [-0.3, -0.25) is 4.72 Å². The van der Waals surface area contributed by atoms with Crippen molar-refractivity contribution in [1.29, 1.82) is 0 Å². The molecule has 0 fully saturated rings. The normalized spacial score (nSPS) is 11.6. The summed E-state index contributed by atoms with van der Waals surface area (Å²) >= 11 is 0. The van der Waals surface area contributed by atoms with Gasteiger partial charge in [0.2, 0.25) is 0 Å². The fraction of sp³-hybridized carbons (Fsp3) is 0.182. The first-order valence-electron chi connectivity index (χ1n) is 5.21. The van der Waals surface area contributed by atoms with E-state index in [0.717, 1.165) is 6.08 Å². The molecule has 0 amide bonds. The van der Waals surface area contributed by atoms with Crippen LogP contribution in [-0.2, 0) is 15.0 Å². The highest BCUT2D eigenvalue weighted by Gasteiger charge is 2.07. The Labute approximate surface area is 106 Å². The molecule has 3 N–H and O–H groups in total. The zero-order valence-electron chi connectivity index (χ0n) is 9.75. The lowest BCUT2D eigenvalue weighted by Gasteiger charge is -2.08. The monoisotopic (exact) mass is 270 g/mol. The maximum atomic E-state index is 11.4. The largest absolute Gasteiger partial charge is 0.478 e. The summed E-state index contributed by atoms with van der Waals surface area (Å²) in [6.45, 7) is 1.96. The van der Waals surface area contributed by atoms with Crippen LogP contribution in [0.25, 0.3) is 6.08 Å². The molecule has 98 valence electrons. The van der Waals surface area contributed by atoms with E-state index < -0.39 is 16.2 Å². The third-order valence-corrected chi connectivity index (χ3v) is 3.06. The Bertz CT molecular complexity index is 552. The van der Waals surface area contributed by atoms with Gasteiger partial charge in [0.15, 0.2) is 0 Å². The fourth-order valence-corrected chi connectivity index (χ4v) is 2.14. The van der Waals surface area contributed by atoms with Gasteiger partial charge in [-0.2, -0.15) is 13.1 Å². The van der Waals surface area contributed by atoms with Gasteiger partial charge in [-0.25, -0.2) is 4.79 Å². The number of carboxylic acid groups (broad SMARTS) is 1. The lowest BCUT2D eigenvalue weighted by Crippen LogP contribution is -2.29. The molecule has 0 saturated carbocycles. The second kappa shape index (κ2) is 6.18. The number of aliphatic carboxylic acids is 1. The van der Waals surface area contributed by atoms with E-state index in [4.69, 9.17) is 5.11 Å². The van der Waals surface area contributed by atoms with E-state index in [2.05, 4.69) is 9.44 Å². The second-order valence-corrected chi connectivity index (χ2v) is 4.90. The molecule has 0 aliphatic rings. The Morgan fingerprint density at radius 2 is 2.17 bits per heavy atom. The summed E-state index contributed by atoms with van der Waals surface area (Å²) in [6.07, 6.45) is 2.37. The highest BCUT2D eigenvalue weighted by molar-refractivity contribution is 7.90. The molecular formula is C11H14N2O4S. The Kier molecular flexibility index (Phi) is 4.87. The molecule has 1 aromatic rings. The van der Waals surface area contributed by atoms with Crippen LogP contribution in [0.4, 0.5) is 5.69 Å². The molecular weight excluding hydrogens is 256 g/mol. The van der Waals surface area contributed by atoms with Gasteiger partial charge in [0.05, 0.1) is 5.69 Å². The first-order chi connectivity index (χ1) is 8.43. The van der Waals surface area contributed by atoms with Crippen molar-refractivity contribution in [3.63, 3.8) is 0 Å². The van der Waals surface area contributed by atoms with Gasteiger partial charge in [-0.15, -0.1) is 0 Å². The van der Waals surface area contributed by atoms with Gasteiger partial charge in [0, 0.05) is 12.6 Å². The summed E-state index contributed by atoms with van der Waals surface area (Å²) in [7, 11) is -3.57. The number of benzene rings is 1. The van der Waals surface area contributed by atoms with Gasteiger partial charge < -0.3 is 5.11 Å². The molecule has 0 aliphatic heterocycles. The molecule has 0 bridgehead atoms. The summed E-state index contributed by atoms with van der Waals surface area (Å²) in [5.41, 5.74) is 0.956. The average Bonchev–Trinajstić information content (AvgIpc) is 2.26. The number of carbonyl (C=O) groups is 1. The van der Waals surface area contributed by atoms with Crippen LogP contribution >= 0.6 is 0 Å². The number of rotatable bonds is 6. The van der Waals surface area contributed by atoms with Crippen LogP contribution in [0.3, 0.4) is 0 Å². The van der Waals surface area contributed by atoms with Crippen molar-refractivity contribution >= 4 is 27.9 Å². The first-order valence-corrected chi connectivity index (χ1v) is 6.70. The molecule has 0 heterocycles. The average molecular weight is 270 g/mol. The molecule has 0 radical (unpaired) electrons. The van der Waals surface area contributed by atoms with E-state index in [1.54, 1.807) is 25.1 Å². The number of hydrogen-bond acceptors (Lipinski definition) is 3. The topological polar surface area (TPSA) is 95.5 Å². The highest BCUT2D eigenvalue weighted by Crippen LogP contribution is 2.13. The molecule has 18 heavy (non-hydrogen) atoms. The van der Waals surface area contributed by atoms with Crippen molar-refractivity contribution in [2.45, 2.75) is 6.92 Å². The number of nitrogens with one attached hydrogen (secondary N) is 2. The zero-order chi connectivity index (χ0) is 13.6. The van der Waals surface area contributed by atoms with Gasteiger partial charge in [-0.1, -0.05) is 19.1 Å². The minimum absolute atomic E-state index is 0.286. The molecule has 0 atom stereocenters. The van der Waals surface area contributed by atoms with Crippen LogP contribution in [0.15, 0.2) is 30.3 Å². The van der Waals surface area contributed by atoms with Gasteiger partial charge >= 0.3 is 5.97 Å². The summed E-state index contributed by atoms with van der Waals surface area (Å²) in [5.74, 6) is -1.06. The molecule has 0 aliphatic carbocycles. The van der Waals surface area contributed by atoms with Gasteiger partial charge in [0.1, 0.15) is 0 Å². The molecule has 6 nitrogen and oxygen atoms in total. The van der Waals surface area contributed by atoms with E-state index in [9.17, 15) is 13.2 Å². The summed E-state index contributed by atoms with van der Waals surface area (Å²) in [4.78, 5) is 10.4. The lowest BCUT2D eigenvalue weighted by molar-refractivity contribution is -0.131. The smallest absolute Gasteiger partial charge is 0.328 e. The number of hydrogen-bond donors (Lipinski definition) is 3. The van der Waals surface area contributed by atoms with Crippen molar-refractivity contribution in [1.82, 2.24) is 4.72 Å². The first kappa shape index (κ1) is 14.2. The van der Waals surface area contributed by atoms with E-state index in [-0.39, 0.29) is 6.54 Å². The predicted octanol–water partition coefficient (Wildman–Crippen LogP) is 1.05. The summed E-state index contributed by atoms with van der Waals surface area (Å²) < 4.78 is 27.5. The SMILES string of the molecule is CCNS(=O)(=O)Nc1cccc(/C=C/C(=O)O)c1. The summed E-state index contributed by atoms with van der Waals surface area (Å²) in [5, 5.41) is 8.49. The fourth-order valence-electron chi connectivity index (χ4n) is 1.25. The minimum atomic E-state index is -3.57. The minimum Gasteiger partial charge on any atom is -0.478 e. The van der Waals surface area contributed by atoms with Crippen molar-refractivity contribution in [2.24, 2.45) is 0 Å². The predicted molar refractivity (Wildman–Crippen MR) is 69.3 cm³/mol. The maximum absolute atomic E-state index is 11.4. The molecule has 0 aromatic heterocycles. The van der Waals surface area contributed by atoms with Crippen LogP contribution < -0.4 is 9.44 Å². The molecule has 0 saturated heterocycles. The van der Waals surface area contributed by atoms with Crippen LogP contribution in [0.5, 0.6) is 0 Å². The third kappa shape index (κ3) is 4.98. The third-order valence-electron chi connectivity index (χ3n) is 1.89. The van der Waals surface area contributed by atoms with E-state index >= 15 is 0 Å². The zero-order valence-corrected chi connectivity index (χ0v) is 10.6. The lowest BCUT2D eigenvalue weighted by atomic mass is 10.2. The molecule has 0 spiro atoms. The quantitative estimate of drug-likeness (QED) is 0.673. The van der Waals surface area contributed by atoms with Crippen molar-refractivity contribution in [3.8, 4) is 0 Å². The Morgan fingerprint density at radius 1 is 1.44 bits per heavy atom. The Hall–Kier alpha value is -1.86. The Morgan fingerprint density at radius 3 is 2.78 bits per heavy atom. The van der Waals surface area contributed by atoms with Gasteiger partial charge in [0.25, 0.3) is 10.2 Å². The van der Waals surface area contributed by atoms with Crippen molar-refractivity contribution < 1.29 is 18.3 Å². The summed E-state index contributed by atoms with van der Waals surface area (Å²) in [6, 6.07) is 6.41. The number of carboxylic acids is 1. The van der Waals surface area contributed by atoms with Crippen LogP contribution in [0.2, 0.25) is 0 Å². The van der Waals surface area contributed by atoms with Crippen molar-refractivity contribution in [2.75, 3.05) is 11.3 Å². The molecule has 1 aromatic carbocycles. The van der Waals surface area contributed by atoms with Crippen LogP contribution in [0.1, 0.15) is 12.5 Å². The Balaban J connectivity index is 2.86. The van der Waals surface area contributed by atoms with E-state index in [0.29, 0.717) is 11.3 Å². The molecule has 1 rings (SSSR count). The highest BCUT2D eigenvalue weighted by atomic mass is 32.2. The number of anilines is 1. The molecule has 0 unspecified atom stereocenters. The van der Waals surface area contributed by atoms with E-state index in [1.165, 1.54) is 12.1 Å². The maximum Gasteiger partial charge on any atom is 0.328 e. The van der Waals surface area contributed by atoms with Crippen molar-refractivity contribution in [3.05, 3.63) is 35.9 Å².